The van der Waals surface area contributed by atoms with Gasteiger partial charge in [0.15, 0.2) is 5.78 Å². The Bertz CT molecular complexity index is 1200. The summed E-state index contributed by atoms with van der Waals surface area (Å²) in [7, 11) is 0. The van der Waals surface area contributed by atoms with Gasteiger partial charge in [0, 0.05) is 23.4 Å². The number of aromatic hydroxyl groups is 1. The summed E-state index contributed by atoms with van der Waals surface area (Å²) in [6, 6.07) is 10.2. The van der Waals surface area contributed by atoms with E-state index in [-0.39, 0.29) is 33.5 Å². The summed E-state index contributed by atoms with van der Waals surface area (Å²) in [4.78, 5) is 21.5. The van der Waals surface area contributed by atoms with Crippen LogP contribution in [0.2, 0.25) is 0 Å². The van der Waals surface area contributed by atoms with Gasteiger partial charge >= 0.3 is 0 Å². The van der Waals surface area contributed by atoms with E-state index in [2.05, 4.69) is 16.0 Å². The molecule has 0 saturated heterocycles. The fraction of sp³-hybridized carbons (Fsp3) is 0.227. The molecule has 0 aliphatic rings. The minimum atomic E-state index is -0.734. The third kappa shape index (κ3) is 4.37. The second kappa shape index (κ2) is 8.50. The highest BCUT2D eigenvalue weighted by molar-refractivity contribution is 8.00. The summed E-state index contributed by atoms with van der Waals surface area (Å²) in [6.45, 7) is 5.44. The maximum Gasteiger partial charge on any atom is 0.171 e. The number of carbonyl (C=O) groups is 1. The molecule has 0 spiro atoms. The number of nitrogens with zero attached hydrogens (tertiary/aromatic N) is 5. The van der Waals surface area contributed by atoms with Gasteiger partial charge in [-0.05, 0) is 17.7 Å². The van der Waals surface area contributed by atoms with Gasteiger partial charge in [-0.3, -0.25) is 4.79 Å². The fourth-order valence-electron chi connectivity index (χ4n) is 2.93. The van der Waals surface area contributed by atoms with Crippen LogP contribution in [0.15, 0.2) is 48.0 Å². The fourth-order valence-corrected chi connectivity index (χ4v) is 4.27. The van der Waals surface area contributed by atoms with Crippen molar-refractivity contribution in [2.45, 2.75) is 31.2 Å². The molecule has 156 valence electrons. The van der Waals surface area contributed by atoms with Gasteiger partial charge in [-0.2, -0.15) is 10.5 Å². The topological polar surface area (TPSA) is 142 Å². The highest BCUT2D eigenvalue weighted by Gasteiger charge is 2.33. The van der Waals surface area contributed by atoms with Gasteiger partial charge < -0.3 is 15.4 Å². The first kappa shape index (κ1) is 21.9. The normalized spacial score (nSPS) is 12.0. The summed E-state index contributed by atoms with van der Waals surface area (Å²) < 4.78 is 1.65. The number of phenolic OH excluding ortho intramolecular Hbond substituents is 1. The summed E-state index contributed by atoms with van der Waals surface area (Å²) in [5, 5.41) is 28.7. The molecule has 2 aromatic heterocycles. The molecule has 0 fully saturated rings. The average Bonchev–Trinajstić information content (AvgIpc) is 3.25. The molecule has 8 nitrogen and oxygen atoms in total. The van der Waals surface area contributed by atoms with Crippen LogP contribution in [-0.2, 0) is 4.79 Å². The second-order valence-corrected chi connectivity index (χ2v) is 8.86. The first-order chi connectivity index (χ1) is 14.7. The van der Waals surface area contributed by atoms with Crippen molar-refractivity contribution >= 4 is 23.4 Å². The average molecular weight is 433 g/mol. The molecule has 0 radical (unpaired) electrons. The molecule has 0 bridgehead atoms. The maximum absolute atomic E-state index is 13.2. The molecule has 3 aromatic rings. The van der Waals surface area contributed by atoms with Crippen molar-refractivity contribution in [3.8, 4) is 29.0 Å². The number of imidazole rings is 1. The van der Waals surface area contributed by atoms with Crippen LogP contribution in [0.25, 0.3) is 11.1 Å². The number of ketones is 1. The van der Waals surface area contributed by atoms with Gasteiger partial charge in [-0.25, -0.2) is 9.97 Å². The standard InChI is InChI=1S/C22H20N6O2S/c1-22(2,3)18(30)21(28-9-8-26-12-28)31-20-16(11-24)17(15(10-23)19(25)27-20)13-4-6-14(29)7-5-13/h4-9,12,21,29H,1-3H3,(H2,25,27). The number of hydrogen-bond acceptors (Lipinski definition) is 8. The molecule has 0 aliphatic heterocycles. The van der Waals surface area contributed by atoms with Gasteiger partial charge in [0.1, 0.15) is 39.7 Å². The molecule has 0 saturated carbocycles. The molecule has 3 N–H and O–H groups in total. The third-order valence-electron chi connectivity index (χ3n) is 4.55. The Labute approximate surface area is 184 Å². The number of nitrogens with two attached hydrogens (primary N) is 1. The Balaban J connectivity index is 2.21. The predicted octanol–water partition coefficient (Wildman–Crippen LogP) is 3.88. The van der Waals surface area contributed by atoms with E-state index < -0.39 is 10.8 Å². The number of benzene rings is 1. The highest BCUT2D eigenvalue weighted by atomic mass is 32.2. The Hall–Kier alpha value is -3.82. The summed E-state index contributed by atoms with van der Waals surface area (Å²) in [5.41, 5.74) is 6.45. The van der Waals surface area contributed by atoms with Crippen LogP contribution in [0, 0.1) is 28.1 Å². The number of aromatic nitrogens is 3. The molecule has 0 amide bonds. The lowest BCUT2D eigenvalue weighted by atomic mass is 9.90. The van der Waals surface area contributed by atoms with Gasteiger partial charge in [0.2, 0.25) is 0 Å². The van der Waals surface area contributed by atoms with Gasteiger partial charge in [-0.15, -0.1) is 0 Å². The van der Waals surface area contributed by atoms with Gasteiger partial charge in [0.05, 0.1) is 11.9 Å². The van der Waals surface area contributed by atoms with Crippen LogP contribution in [0.4, 0.5) is 5.82 Å². The Morgan fingerprint density at radius 1 is 1.19 bits per heavy atom. The molecule has 1 unspecified atom stereocenters. The monoisotopic (exact) mass is 432 g/mol. The highest BCUT2D eigenvalue weighted by Crippen LogP contribution is 2.42. The van der Waals surface area contributed by atoms with Crippen LogP contribution in [-0.4, -0.2) is 25.4 Å². The SMILES string of the molecule is CC(C)(C)C(=O)C(Sc1nc(N)c(C#N)c(-c2ccc(O)cc2)c1C#N)n1ccnc1. The Morgan fingerprint density at radius 3 is 2.35 bits per heavy atom. The van der Waals surface area contributed by atoms with Crippen LogP contribution in [0.1, 0.15) is 37.3 Å². The van der Waals surface area contributed by atoms with Gasteiger partial charge in [-0.1, -0.05) is 44.7 Å². The summed E-state index contributed by atoms with van der Waals surface area (Å²) in [5.74, 6) is -0.0803. The van der Waals surface area contributed by atoms with E-state index >= 15 is 0 Å². The number of nitrogen functional groups attached to an aromatic ring is 1. The summed E-state index contributed by atoms with van der Waals surface area (Å²) >= 11 is 1.08. The largest absolute Gasteiger partial charge is 0.508 e. The van der Waals surface area contributed by atoms with Crippen molar-refractivity contribution in [2.75, 3.05) is 5.73 Å². The van der Waals surface area contributed by atoms with Crippen LogP contribution in [0.5, 0.6) is 5.75 Å². The molecule has 2 heterocycles. The Morgan fingerprint density at radius 2 is 1.84 bits per heavy atom. The number of rotatable bonds is 5. The number of pyridine rings is 1. The molecule has 31 heavy (non-hydrogen) atoms. The molecular formula is C22H20N6O2S. The lowest BCUT2D eigenvalue weighted by molar-refractivity contribution is -0.127. The van der Waals surface area contributed by atoms with Crippen LogP contribution < -0.4 is 5.73 Å². The second-order valence-electron chi connectivity index (χ2n) is 7.79. The molecule has 1 atom stereocenters. The number of anilines is 1. The first-order valence-corrected chi connectivity index (χ1v) is 10.2. The quantitative estimate of drug-likeness (QED) is 0.578. The molecular weight excluding hydrogens is 412 g/mol. The van der Waals surface area contributed by atoms with Crippen molar-refractivity contribution in [2.24, 2.45) is 5.41 Å². The number of nitriles is 2. The maximum atomic E-state index is 13.2. The van der Waals surface area contributed by atoms with E-state index in [1.165, 1.54) is 18.5 Å². The minimum absolute atomic E-state index is 0.0420. The summed E-state index contributed by atoms with van der Waals surface area (Å²) in [6.07, 6.45) is 4.76. The smallest absolute Gasteiger partial charge is 0.171 e. The van der Waals surface area contributed by atoms with Crippen LogP contribution in [0.3, 0.4) is 0 Å². The van der Waals surface area contributed by atoms with Crippen LogP contribution >= 0.6 is 11.8 Å². The first-order valence-electron chi connectivity index (χ1n) is 9.29. The minimum Gasteiger partial charge on any atom is -0.508 e. The molecule has 3 rings (SSSR count). The number of phenols is 1. The van der Waals surface area contributed by atoms with Gasteiger partial charge in [0.25, 0.3) is 0 Å². The van der Waals surface area contributed by atoms with Crippen molar-refractivity contribution < 1.29 is 9.90 Å². The molecule has 1 aromatic carbocycles. The van der Waals surface area contributed by atoms with Crippen molar-refractivity contribution in [3.05, 3.63) is 54.1 Å². The number of hydrogen-bond donors (Lipinski definition) is 2. The lowest BCUT2D eigenvalue weighted by Crippen LogP contribution is -2.28. The lowest BCUT2D eigenvalue weighted by Gasteiger charge is -2.25. The third-order valence-corrected chi connectivity index (χ3v) is 5.75. The van der Waals surface area contributed by atoms with Crippen molar-refractivity contribution in [3.63, 3.8) is 0 Å². The van der Waals surface area contributed by atoms with E-state index in [9.17, 15) is 20.4 Å². The zero-order chi connectivity index (χ0) is 22.8. The van der Waals surface area contributed by atoms with E-state index in [1.807, 2.05) is 26.8 Å². The van der Waals surface area contributed by atoms with Crippen molar-refractivity contribution in [1.29, 1.82) is 10.5 Å². The molecule has 9 heteroatoms. The zero-order valence-corrected chi connectivity index (χ0v) is 18.0. The zero-order valence-electron chi connectivity index (χ0n) is 17.2. The Kier molecular flexibility index (Phi) is 6.00. The number of carbonyl (C=O) groups excluding carboxylic acids is 1. The predicted molar refractivity (Wildman–Crippen MR) is 117 cm³/mol. The molecule has 0 aliphatic carbocycles. The van der Waals surface area contributed by atoms with E-state index in [1.54, 1.807) is 29.1 Å². The van der Waals surface area contributed by atoms with E-state index in [4.69, 9.17) is 5.73 Å². The van der Waals surface area contributed by atoms with E-state index in [0.29, 0.717) is 11.1 Å². The number of thioether (sulfide) groups is 1. The number of Topliss-reactive ketones (excluding diaryl/α,β-unsaturated/α-hetero) is 1. The van der Waals surface area contributed by atoms with Crippen molar-refractivity contribution in [1.82, 2.24) is 14.5 Å². The van der Waals surface area contributed by atoms with E-state index in [0.717, 1.165) is 11.8 Å².